The van der Waals surface area contributed by atoms with Crippen LogP contribution in [0.25, 0.3) is 0 Å². The molecule has 3 nitrogen and oxygen atoms in total. The SMILES string of the molecule is CC.CCCN=C1NC(Cl)N(C)C=C1C. The number of hydrogen-bond acceptors (Lipinski definition) is 2. The van der Waals surface area contributed by atoms with Crippen LogP contribution in [0.1, 0.15) is 34.1 Å². The highest BCUT2D eigenvalue weighted by Gasteiger charge is 2.17. The molecule has 1 aliphatic heterocycles. The Balaban J connectivity index is 0.000000921. The number of rotatable bonds is 2. The van der Waals surface area contributed by atoms with Crippen LogP contribution in [0, 0.1) is 0 Å². The molecular weight excluding hydrogens is 210 g/mol. The second kappa shape index (κ2) is 7.57. The molecule has 1 N–H and O–H groups in total. The average molecular weight is 232 g/mol. The number of nitrogens with one attached hydrogen (secondary N) is 1. The summed E-state index contributed by atoms with van der Waals surface area (Å²) in [6.07, 6.45) is 3.06. The quantitative estimate of drug-likeness (QED) is 0.585. The van der Waals surface area contributed by atoms with Crippen LogP contribution in [-0.4, -0.2) is 30.0 Å². The van der Waals surface area contributed by atoms with Crippen LogP contribution in [0.4, 0.5) is 0 Å². The molecule has 0 aromatic carbocycles. The van der Waals surface area contributed by atoms with Gasteiger partial charge in [-0.05, 0) is 13.3 Å². The minimum atomic E-state index is -0.181. The van der Waals surface area contributed by atoms with Gasteiger partial charge in [0, 0.05) is 25.4 Å². The second-order valence-electron chi connectivity index (χ2n) is 3.19. The summed E-state index contributed by atoms with van der Waals surface area (Å²) in [6.45, 7) is 8.98. The number of amidine groups is 1. The molecule has 1 rings (SSSR count). The van der Waals surface area contributed by atoms with Crippen molar-refractivity contribution in [1.82, 2.24) is 10.2 Å². The molecule has 1 aliphatic rings. The summed E-state index contributed by atoms with van der Waals surface area (Å²) in [7, 11) is 1.94. The van der Waals surface area contributed by atoms with Crippen molar-refractivity contribution in [2.24, 2.45) is 4.99 Å². The monoisotopic (exact) mass is 231 g/mol. The fourth-order valence-corrected chi connectivity index (χ4v) is 1.31. The number of aliphatic imine (C=N–C) groups is 1. The minimum Gasteiger partial charge on any atom is -0.348 e. The van der Waals surface area contributed by atoms with Gasteiger partial charge in [-0.25, -0.2) is 0 Å². The molecule has 0 saturated carbocycles. The molecule has 1 atom stereocenters. The fraction of sp³-hybridized carbons (Fsp3) is 0.727. The van der Waals surface area contributed by atoms with Crippen molar-refractivity contribution in [2.45, 2.75) is 39.7 Å². The van der Waals surface area contributed by atoms with E-state index in [1.807, 2.05) is 38.9 Å². The Labute approximate surface area is 98.2 Å². The minimum absolute atomic E-state index is 0.181. The first-order chi connectivity index (χ1) is 7.15. The summed E-state index contributed by atoms with van der Waals surface area (Å²) in [5.41, 5.74) is 0.951. The van der Waals surface area contributed by atoms with E-state index in [0.29, 0.717) is 0 Å². The van der Waals surface area contributed by atoms with E-state index in [0.717, 1.165) is 24.4 Å². The topological polar surface area (TPSA) is 27.6 Å². The first-order valence-corrected chi connectivity index (χ1v) is 5.94. The Kier molecular flexibility index (Phi) is 7.22. The average Bonchev–Trinajstić information content (AvgIpc) is 2.24. The summed E-state index contributed by atoms with van der Waals surface area (Å²) < 4.78 is 0. The lowest BCUT2D eigenvalue weighted by atomic mass is 10.2. The maximum Gasteiger partial charge on any atom is 0.178 e. The standard InChI is InChI=1S/C9H16ClN3.C2H6/c1-4-5-11-8-7(2)6-13(3)9(10)12-8;1-2/h6,9H,4-5H2,1-3H3,(H,11,12);1-2H3. The van der Waals surface area contributed by atoms with Crippen LogP contribution in [0.2, 0.25) is 0 Å². The molecule has 0 saturated heterocycles. The first-order valence-electron chi connectivity index (χ1n) is 5.51. The van der Waals surface area contributed by atoms with Gasteiger partial charge in [-0.15, -0.1) is 0 Å². The molecule has 15 heavy (non-hydrogen) atoms. The Bertz CT molecular complexity index is 236. The summed E-state index contributed by atoms with van der Waals surface area (Å²) in [5.74, 6) is 0.917. The number of halogens is 1. The van der Waals surface area contributed by atoms with Gasteiger partial charge >= 0.3 is 0 Å². The van der Waals surface area contributed by atoms with E-state index in [-0.39, 0.29) is 5.62 Å². The molecule has 0 aromatic rings. The number of hydrogen-bond donors (Lipinski definition) is 1. The van der Waals surface area contributed by atoms with Gasteiger partial charge in [-0.2, -0.15) is 0 Å². The van der Waals surface area contributed by atoms with Gasteiger partial charge in [-0.3, -0.25) is 4.99 Å². The van der Waals surface area contributed by atoms with E-state index in [9.17, 15) is 0 Å². The molecule has 0 fully saturated rings. The smallest absolute Gasteiger partial charge is 0.178 e. The van der Waals surface area contributed by atoms with E-state index >= 15 is 0 Å². The number of alkyl halides is 1. The van der Waals surface area contributed by atoms with E-state index in [1.54, 1.807) is 0 Å². The maximum absolute atomic E-state index is 6.00. The van der Waals surface area contributed by atoms with Gasteiger partial charge in [0.05, 0.1) is 0 Å². The van der Waals surface area contributed by atoms with Crippen molar-refractivity contribution in [2.75, 3.05) is 13.6 Å². The zero-order valence-corrected chi connectivity index (χ0v) is 11.1. The molecule has 0 aromatic heterocycles. The highest BCUT2D eigenvalue weighted by atomic mass is 35.5. The zero-order valence-electron chi connectivity index (χ0n) is 10.3. The van der Waals surface area contributed by atoms with Crippen molar-refractivity contribution < 1.29 is 0 Å². The van der Waals surface area contributed by atoms with Crippen molar-refractivity contribution in [3.63, 3.8) is 0 Å². The van der Waals surface area contributed by atoms with Gasteiger partial charge in [0.25, 0.3) is 0 Å². The van der Waals surface area contributed by atoms with Crippen molar-refractivity contribution in [3.8, 4) is 0 Å². The third-order valence-corrected chi connectivity index (χ3v) is 2.29. The largest absolute Gasteiger partial charge is 0.348 e. The van der Waals surface area contributed by atoms with Crippen LogP contribution in [0.3, 0.4) is 0 Å². The van der Waals surface area contributed by atoms with Crippen molar-refractivity contribution in [1.29, 1.82) is 0 Å². The van der Waals surface area contributed by atoms with Gasteiger partial charge in [0.1, 0.15) is 5.84 Å². The highest BCUT2D eigenvalue weighted by molar-refractivity contribution is 6.22. The van der Waals surface area contributed by atoms with E-state index in [4.69, 9.17) is 11.6 Å². The van der Waals surface area contributed by atoms with Crippen LogP contribution in [0.15, 0.2) is 16.8 Å². The Morgan fingerprint density at radius 1 is 1.53 bits per heavy atom. The molecule has 4 heteroatoms. The van der Waals surface area contributed by atoms with Crippen molar-refractivity contribution in [3.05, 3.63) is 11.8 Å². The number of nitrogens with zero attached hydrogens (tertiary/aromatic N) is 2. The van der Waals surface area contributed by atoms with Crippen LogP contribution in [-0.2, 0) is 0 Å². The lowest BCUT2D eigenvalue weighted by molar-refractivity contribution is 0.389. The molecule has 0 amide bonds. The Hall–Kier alpha value is -0.700. The third kappa shape index (κ3) is 4.56. The summed E-state index contributed by atoms with van der Waals surface area (Å²) in [6, 6.07) is 0. The fourth-order valence-electron chi connectivity index (χ4n) is 1.15. The van der Waals surface area contributed by atoms with Crippen LogP contribution >= 0.6 is 11.6 Å². The summed E-state index contributed by atoms with van der Waals surface area (Å²) in [4.78, 5) is 6.31. The van der Waals surface area contributed by atoms with Gasteiger partial charge in [0.15, 0.2) is 5.62 Å². The molecular formula is C11H22ClN3. The molecule has 88 valence electrons. The molecule has 0 radical (unpaired) electrons. The maximum atomic E-state index is 6.00. The molecule has 0 spiro atoms. The zero-order chi connectivity index (χ0) is 11.8. The predicted molar refractivity (Wildman–Crippen MR) is 68.2 cm³/mol. The molecule has 1 heterocycles. The Morgan fingerprint density at radius 2 is 2.13 bits per heavy atom. The van der Waals surface area contributed by atoms with Gasteiger partial charge < -0.3 is 10.2 Å². The van der Waals surface area contributed by atoms with E-state index in [2.05, 4.69) is 17.2 Å². The second-order valence-corrected chi connectivity index (χ2v) is 3.60. The van der Waals surface area contributed by atoms with E-state index < -0.39 is 0 Å². The van der Waals surface area contributed by atoms with Crippen molar-refractivity contribution >= 4 is 17.4 Å². The Morgan fingerprint density at radius 3 is 2.67 bits per heavy atom. The molecule has 0 aliphatic carbocycles. The lowest BCUT2D eigenvalue weighted by Gasteiger charge is -2.29. The van der Waals surface area contributed by atoms with Crippen LogP contribution in [0.5, 0.6) is 0 Å². The summed E-state index contributed by atoms with van der Waals surface area (Å²) in [5, 5.41) is 3.12. The third-order valence-electron chi connectivity index (χ3n) is 1.88. The predicted octanol–water partition coefficient (Wildman–Crippen LogP) is 2.78. The highest BCUT2D eigenvalue weighted by Crippen LogP contribution is 2.10. The molecule has 0 bridgehead atoms. The first kappa shape index (κ1) is 14.3. The van der Waals surface area contributed by atoms with Crippen LogP contribution < -0.4 is 5.32 Å². The molecule has 1 unspecified atom stereocenters. The summed E-state index contributed by atoms with van der Waals surface area (Å²) >= 11 is 6.00. The van der Waals surface area contributed by atoms with Gasteiger partial charge in [-0.1, -0.05) is 32.4 Å². The van der Waals surface area contributed by atoms with Gasteiger partial charge in [0.2, 0.25) is 0 Å². The lowest BCUT2D eigenvalue weighted by Crippen LogP contribution is -2.44. The van der Waals surface area contributed by atoms with E-state index in [1.165, 1.54) is 0 Å². The normalized spacial score (nSPS) is 22.8.